The number of hydrogen-bond donors (Lipinski definition) is 1. The molecule has 4 rings (SSSR count). The lowest BCUT2D eigenvalue weighted by atomic mass is 10.3. The number of nitrogens with one attached hydrogen (secondary N) is 1. The van der Waals surface area contributed by atoms with Crippen LogP contribution in [0.25, 0.3) is 11.4 Å². The summed E-state index contributed by atoms with van der Waals surface area (Å²) in [4.78, 5) is 22.4. The Morgan fingerprint density at radius 2 is 2.00 bits per heavy atom. The van der Waals surface area contributed by atoms with Gasteiger partial charge in [0.25, 0.3) is 5.91 Å². The highest BCUT2D eigenvalue weighted by Crippen LogP contribution is 2.18. The zero-order valence-electron chi connectivity index (χ0n) is 14.9. The van der Waals surface area contributed by atoms with Crippen LogP contribution in [0.1, 0.15) is 9.67 Å². The van der Waals surface area contributed by atoms with Gasteiger partial charge < -0.3 is 10.1 Å². The molecule has 0 saturated carbocycles. The molecule has 0 aliphatic carbocycles. The van der Waals surface area contributed by atoms with E-state index in [9.17, 15) is 4.79 Å². The first kappa shape index (κ1) is 17.9. The molecule has 3 heterocycles. The Bertz CT molecular complexity index is 1030. The Kier molecular flexibility index (Phi) is 5.39. The van der Waals surface area contributed by atoms with Gasteiger partial charge in [0, 0.05) is 22.8 Å². The van der Waals surface area contributed by atoms with Crippen molar-refractivity contribution in [3.05, 3.63) is 77.2 Å². The number of pyridine rings is 1. The van der Waals surface area contributed by atoms with E-state index in [2.05, 4.69) is 20.4 Å². The molecule has 0 bridgehead atoms. The molecule has 0 fully saturated rings. The molecule has 0 amide bonds. The van der Waals surface area contributed by atoms with E-state index >= 15 is 0 Å². The molecule has 140 valence electrons. The minimum atomic E-state index is -0.319. The summed E-state index contributed by atoms with van der Waals surface area (Å²) in [7, 11) is 0. The van der Waals surface area contributed by atoms with Gasteiger partial charge in [-0.1, -0.05) is 24.3 Å². The van der Waals surface area contributed by atoms with E-state index < -0.39 is 0 Å². The number of ether oxygens (including phenoxy) is 1. The number of thiophene rings is 1. The quantitative estimate of drug-likeness (QED) is 0.517. The number of benzene rings is 1. The van der Waals surface area contributed by atoms with Gasteiger partial charge >= 0.3 is 0 Å². The maximum atomic E-state index is 12.7. The SMILES string of the molecule is O=C(COc1ccccc1)n1nc(-c2cccnc2)nc1NCc1cccs1. The van der Waals surface area contributed by atoms with Crippen LogP contribution in [-0.4, -0.2) is 32.3 Å². The van der Waals surface area contributed by atoms with Crippen LogP contribution in [0, 0.1) is 0 Å². The highest BCUT2D eigenvalue weighted by molar-refractivity contribution is 7.09. The molecule has 4 aromatic rings. The second kappa shape index (κ2) is 8.45. The third-order valence-corrected chi connectivity index (χ3v) is 4.75. The molecular weight excluding hydrogens is 374 g/mol. The van der Waals surface area contributed by atoms with Crippen LogP contribution in [0.5, 0.6) is 5.75 Å². The van der Waals surface area contributed by atoms with Crippen LogP contribution in [0.2, 0.25) is 0 Å². The Balaban J connectivity index is 1.56. The molecule has 1 aromatic carbocycles. The number of anilines is 1. The monoisotopic (exact) mass is 391 g/mol. The highest BCUT2D eigenvalue weighted by Gasteiger charge is 2.18. The van der Waals surface area contributed by atoms with Gasteiger partial charge in [0.15, 0.2) is 12.4 Å². The molecule has 0 spiro atoms. The molecule has 0 radical (unpaired) electrons. The molecule has 3 aromatic heterocycles. The third kappa shape index (κ3) is 4.24. The van der Waals surface area contributed by atoms with Gasteiger partial charge in [-0.25, -0.2) is 0 Å². The van der Waals surface area contributed by atoms with Crippen molar-refractivity contribution in [2.45, 2.75) is 6.54 Å². The van der Waals surface area contributed by atoms with E-state index in [4.69, 9.17) is 4.74 Å². The summed E-state index contributed by atoms with van der Waals surface area (Å²) in [6.07, 6.45) is 3.34. The summed E-state index contributed by atoms with van der Waals surface area (Å²) >= 11 is 1.63. The molecule has 7 nitrogen and oxygen atoms in total. The van der Waals surface area contributed by atoms with E-state index in [1.54, 1.807) is 41.9 Å². The first-order valence-corrected chi connectivity index (χ1v) is 9.52. The number of carbonyl (C=O) groups excluding carboxylic acids is 1. The van der Waals surface area contributed by atoms with Crippen LogP contribution in [0.4, 0.5) is 5.95 Å². The lowest BCUT2D eigenvalue weighted by Crippen LogP contribution is -2.22. The van der Waals surface area contributed by atoms with Crippen molar-refractivity contribution in [3.63, 3.8) is 0 Å². The van der Waals surface area contributed by atoms with E-state index in [-0.39, 0.29) is 12.5 Å². The van der Waals surface area contributed by atoms with Crippen molar-refractivity contribution in [3.8, 4) is 17.1 Å². The van der Waals surface area contributed by atoms with Crippen molar-refractivity contribution in [2.75, 3.05) is 11.9 Å². The fraction of sp³-hybridized carbons (Fsp3) is 0.100. The number of para-hydroxylation sites is 1. The summed E-state index contributed by atoms with van der Waals surface area (Å²) in [6, 6.07) is 16.8. The van der Waals surface area contributed by atoms with Crippen LogP contribution in [-0.2, 0) is 6.54 Å². The van der Waals surface area contributed by atoms with Crippen LogP contribution in [0.3, 0.4) is 0 Å². The van der Waals surface area contributed by atoms with E-state index in [0.29, 0.717) is 24.1 Å². The maximum absolute atomic E-state index is 12.7. The Hall–Kier alpha value is -3.52. The maximum Gasteiger partial charge on any atom is 0.287 e. The minimum absolute atomic E-state index is 0.145. The summed E-state index contributed by atoms with van der Waals surface area (Å²) in [5.74, 6) is 1.10. The highest BCUT2D eigenvalue weighted by atomic mass is 32.1. The lowest BCUT2D eigenvalue weighted by Gasteiger charge is -2.08. The summed E-state index contributed by atoms with van der Waals surface area (Å²) in [5, 5.41) is 9.56. The van der Waals surface area contributed by atoms with Gasteiger partial charge in [-0.15, -0.1) is 16.4 Å². The van der Waals surface area contributed by atoms with E-state index in [1.807, 2.05) is 41.8 Å². The molecule has 1 N–H and O–H groups in total. The van der Waals surface area contributed by atoms with Crippen molar-refractivity contribution in [2.24, 2.45) is 0 Å². The molecular formula is C20H17N5O2S. The van der Waals surface area contributed by atoms with Crippen LogP contribution < -0.4 is 10.1 Å². The lowest BCUT2D eigenvalue weighted by molar-refractivity contribution is 0.0824. The summed E-state index contributed by atoms with van der Waals surface area (Å²) < 4.78 is 6.82. The predicted octanol–water partition coefficient (Wildman–Crippen LogP) is 3.73. The van der Waals surface area contributed by atoms with E-state index in [0.717, 1.165) is 10.4 Å². The number of rotatable bonds is 7. The third-order valence-electron chi connectivity index (χ3n) is 3.87. The Labute approximate surface area is 165 Å². The largest absolute Gasteiger partial charge is 0.484 e. The average Bonchev–Trinajstić information content (AvgIpc) is 3.42. The van der Waals surface area contributed by atoms with Crippen LogP contribution in [0.15, 0.2) is 72.4 Å². The molecule has 0 aliphatic rings. The zero-order valence-corrected chi connectivity index (χ0v) is 15.7. The fourth-order valence-electron chi connectivity index (χ4n) is 2.52. The summed E-state index contributed by atoms with van der Waals surface area (Å²) in [5.41, 5.74) is 0.734. The summed E-state index contributed by atoms with van der Waals surface area (Å²) in [6.45, 7) is 0.406. The molecule has 0 saturated heterocycles. The Morgan fingerprint density at radius 3 is 2.75 bits per heavy atom. The van der Waals surface area contributed by atoms with Gasteiger partial charge in [-0.05, 0) is 35.7 Å². The van der Waals surface area contributed by atoms with Gasteiger partial charge in [0.2, 0.25) is 5.95 Å². The van der Waals surface area contributed by atoms with Crippen molar-refractivity contribution >= 4 is 23.2 Å². The molecule has 0 unspecified atom stereocenters. The molecule has 8 heteroatoms. The Morgan fingerprint density at radius 1 is 1.11 bits per heavy atom. The van der Waals surface area contributed by atoms with Crippen LogP contribution >= 0.6 is 11.3 Å². The van der Waals surface area contributed by atoms with Crippen molar-refractivity contribution < 1.29 is 9.53 Å². The number of nitrogens with zero attached hydrogens (tertiary/aromatic N) is 4. The zero-order chi connectivity index (χ0) is 19.2. The van der Waals surface area contributed by atoms with Crippen molar-refractivity contribution in [1.29, 1.82) is 0 Å². The minimum Gasteiger partial charge on any atom is -0.484 e. The van der Waals surface area contributed by atoms with Gasteiger partial charge in [-0.3, -0.25) is 9.78 Å². The average molecular weight is 391 g/mol. The fourth-order valence-corrected chi connectivity index (χ4v) is 3.16. The molecule has 0 atom stereocenters. The second-order valence-corrected chi connectivity index (χ2v) is 6.87. The number of hydrogen-bond acceptors (Lipinski definition) is 7. The van der Waals surface area contributed by atoms with Crippen molar-refractivity contribution in [1.82, 2.24) is 19.7 Å². The molecule has 0 aliphatic heterocycles. The van der Waals surface area contributed by atoms with Gasteiger partial charge in [-0.2, -0.15) is 9.67 Å². The predicted molar refractivity (Wildman–Crippen MR) is 107 cm³/mol. The number of aromatic nitrogens is 4. The van der Waals surface area contributed by atoms with E-state index in [1.165, 1.54) is 4.68 Å². The van der Waals surface area contributed by atoms with Gasteiger partial charge in [0.05, 0.1) is 6.54 Å². The first-order chi connectivity index (χ1) is 13.8. The molecule has 28 heavy (non-hydrogen) atoms. The smallest absolute Gasteiger partial charge is 0.287 e. The standard InChI is InChI=1S/C20H17N5O2S/c26-18(14-27-16-7-2-1-3-8-16)25-20(22-13-17-9-5-11-28-17)23-19(24-25)15-6-4-10-21-12-15/h1-12H,13-14H2,(H,22,23,24). The number of carbonyl (C=O) groups is 1. The first-order valence-electron chi connectivity index (χ1n) is 8.64. The second-order valence-electron chi connectivity index (χ2n) is 5.84. The van der Waals surface area contributed by atoms with Gasteiger partial charge in [0.1, 0.15) is 5.75 Å². The topological polar surface area (TPSA) is 81.9 Å². The normalized spacial score (nSPS) is 10.6.